The molecule has 4 rings (SSSR count). The second-order valence-electron chi connectivity index (χ2n) is 7.53. The molecule has 0 fully saturated rings. The number of nitrogens with zero attached hydrogens (tertiary/aromatic N) is 2. The van der Waals surface area contributed by atoms with Crippen LogP contribution in [0, 0.1) is 0 Å². The van der Waals surface area contributed by atoms with Crippen LogP contribution in [0.1, 0.15) is 15.9 Å². The van der Waals surface area contributed by atoms with E-state index in [1.165, 1.54) is 5.56 Å². The van der Waals surface area contributed by atoms with Gasteiger partial charge in [-0.2, -0.15) is 5.10 Å². The van der Waals surface area contributed by atoms with Crippen LogP contribution in [0.15, 0.2) is 54.7 Å². The van der Waals surface area contributed by atoms with Crippen molar-refractivity contribution in [2.75, 3.05) is 33.9 Å². The molecular formula is C23H26N4O3. The summed E-state index contributed by atoms with van der Waals surface area (Å²) in [6.07, 6.45) is 2.41. The van der Waals surface area contributed by atoms with Crippen molar-refractivity contribution in [3.8, 4) is 22.8 Å². The van der Waals surface area contributed by atoms with E-state index in [2.05, 4.69) is 32.5 Å². The standard InChI is InChI=1S/C23H26N4O3/c1-27(2)18(12-16-6-4-3-5-7-16)14-24-23(28)19-15-25-26-22(19)17-8-9-20-21(13-17)30-11-10-29-20/h3-9,13,15,18H,10-12,14H2,1-2H3,(H,24,28)(H,25,26)/t18-/m1/s1. The number of aromatic nitrogens is 2. The van der Waals surface area contributed by atoms with E-state index in [0.717, 1.165) is 12.0 Å². The van der Waals surface area contributed by atoms with Gasteiger partial charge in [-0.3, -0.25) is 9.89 Å². The number of aromatic amines is 1. The zero-order valence-electron chi connectivity index (χ0n) is 17.2. The molecule has 1 atom stereocenters. The van der Waals surface area contributed by atoms with E-state index in [1.807, 2.05) is 50.5 Å². The molecule has 7 nitrogen and oxygen atoms in total. The molecule has 0 spiro atoms. The lowest BCUT2D eigenvalue weighted by Gasteiger charge is -2.24. The maximum Gasteiger partial charge on any atom is 0.255 e. The summed E-state index contributed by atoms with van der Waals surface area (Å²) < 4.78 is 11.2. The van der Waals surface area contributed by atoms with Gasteiger partial charge in [0.2, 0.25) is 0 Å². The normalized spacial score (nSPS) is 13.8. The Morgan fingerprint density at radius 2 is 1.90 bits per heavy atom. The quantitative estimate of drug-likeness (QED) is 0.631. The van der Waals surface area contributed by atoms with E-state index in [-0.39, 0.29) is 11.9 Å². The largest absolute Gasteiger partial charge is 0.486 e. The van der Waals surface area contributed by atoms with Crippen LogP contribution in [-0.4, -0.2) is 60.9 Å². The number of hydrogen-bond acceptors (Lipinski definition) is 5. The maximum absolute atomic E-state index is 12.9. The number of rotatable bonds is 7. The van der Waals surface area contributed by atoms with Gasteiger partial charge in [-0.05, 0) is 44.3 Å². The van der Waals surface area contributed by atoms with Crippen LogP contribution in [0.25, 0.3) is 11.3 Å². The fourth-order valence-corrected chi connectivity index (χ4v) is 3.51. The van der Waals surface area contributed by atoms with E-state index in [1.54, 1.807) is 6.20 Å². The Morgan fingerprint density at radius 1 is 1.13 bits per heavy atom. The first kappa shape index (κ1) is 20.0. The third kappa shape index (κ3) is 4.46. The second kappa shape index (κ2) is 9.00. The molecule has 2 N–H and O–H groups in total. The molecule has 156 valence electrons. The van der Waals surface area contributed by atoms with Gasteiger partial charge in [0.1, 0.15) is 13.2 Å². The highest BCUT2D eigenvalue weighted by Crippen LogP contribution is 2.34. The number of H-pyrrole nitrogens is 1. The zero-order chi connectivity index (χ0) is 20.9. The van der Waals surface area contributed by atoms with Crippen LogP contribution in [0.4, 0.5) is 0 Å². The van der Waals surface area contributed by atoms with Crippen molar-refractivity contribution >= 4 is 5.91 Å². The topological polar surface area (TPSA) is 79.5 Å². The van der Waals surface area contributed by atoms with Crippen LogP contribution in [0.5, 0.6) is 11.5 Å². The summed E-state index contributed by atoms with van der Waals surface area (Å²) in [6, 6.07) is 16.1. The Balaban J connectivity index is 1.46. The van der Waals surface area contributed by atoms with Crippen molar-refractivity contribution in [3.63, 3.8) is 0 Å². The van der Waals surface area contributed by atoms with Gasteiger partial charge in [0, 0.05) is 18.2 Å². The number of nitrogens with one attached hydrogen (secondary N) is 2. The lowest BCUT2D eigenvalue weighted by Crippen LogP contribution is -2.41. The molecule has 1 aliphatic rings. The summed E-state index contributed by atoms with van der Waals surface area (Å²) in [5.41, 5.74) is 3.24. The third-order valence-electron chi connectivity index (χ3n) is 5.26. The minimum absolute atomic E-state index is 0.159. The van der Waals surface area contributed by atoms with Gasteiger partial charge >= 0.3 is 0 Å². The second-order valence-corrected chi connectivity index (χ2v) is 7.53. The average molecular weight is 406 g/mol. The molecule has 0 aliphatic carbocycles. The Bertz CT molecular complexity index is 1000. The van der Waals surface area contributed by atoms with Gasteiger partial charge in [0.15, 0.2) is 11.5 Å². The molecule has 0 bridgehead atoms. The summed E-state index contributed by atoms with van der Waals surface area (Å²) >= 11 is 0. The van der Waals surface area contributed by atoms with Crippen molar-refractivity contribution in [3.05, 3.63) is 65.9 Å². The first-order valence-electron chi connectivity index (χ1n) is 10.0. The molecule has 1 aromatic heterocycles. The molecule has 0 radical (unpaired) electrons. The number of hydrogen-bond donors (Lipinski definition) is 2. The van der Waals surface area contributed by atoms with Gasteiger partial charge in [-0.25, -0.2) is 0 Å². The first-order chi connectivity index (χ1) is 14.6. The number of likely N-dealkylation sites (N-methyl/N-ethyl adjacent to an activating group) is 1. The number of amides is 1. The van der Waals surface area contributed by atoms with Crippen molar-refractivity contribution in [2.45, 2.75) is 12.5 Å². The number of ether oxygens (including phenoxy) is 2. The minimum atomic E-state index is -0.159. The highest BCUT2D eigenvalue weighted by Gasteiger charge is 2.20. The number of carbonyl (C=O) groups excluding carboxylic acids is 1. The molecule has 30 heavy (non-hydrogen) atoms. The molecule has 0 unspecified atom stereocenters. The minimum Gasteiger partial charge on any atom is -0.486 e. The Labute approximate surface area is 176 Å². The van der Waals surface area contributed by atoms with Crippen molar-refractivity contribution in [1.29, 1.82) is 0 Å². The van der Waals surface area contributed by atoms with Gasteiger partial charge in [0.25, 0.3) is 5.91 Å². The van der Waals surface area contributed by atoms with E-state index in [9.17, 15) is 4.79 Å². The van der Waals surface area contributed by atoms with Crippen LogP contribution in [0.3, 0.4) is 0 Å². The van der Waals surface area contributed by atoms with Crippen LogP contribution in [0.2, 0.25) is 0 Å². The number of benzene rings is 2. The van der Waals surface area contributed by atoms with Crippen LogP contribution < -0.4 is 14.8 Å². The van der Waals surface area contributed by atoms with E-state index >= 15 is 0 Å². The van der Waals surface area contributed by atoms with Crippen molar-refractivity contribution in [1.82, 2.24) is 20.4 Å². The monoisotopic (exact) mass is 406 g/mol. The van der Waals surface area contributed by atoms with Crippen LogP contribution in [-0.2, 0) is 6.42 Å². The molecule has 0 saturated carbocycles. The van der Waals surface area contributed by atoms with Gasteiger partial charge in [-0.1, -0.05) is 30.3 Å². The lowest BCUT2D eigenvalue weighted by molar-refractivity contribution is 0.0942. The van der Waals surface area contributed by atoms with E-state index in [0.29, 0.717) is 42.5 Å². The van der Waals surface area contributed by atoms with Crippen molar-refractivity contribution in [2.24, 2.45) is 0 Å². The predicted octanol–water partition coefficient (Wildman–Crippen LogP) is 2.75. The fourth-order valence-electron chi connectivity index (χ4n) is 3.51. The van der Waals surface area contributed by atoms with Gasteiger partial charge < -0.3 is 19.7 Å². The summed E-state index contributed by atoms with van der Waals surface area (Å²) in [5.74, 6) is 1.23. The molecule has 7 heteroatoms. The smallest absolute Gasteiger partial charge is 0.255 e. The molecule has 1 aliphatic heterocycles. The number of fused-ring (bicyclic) bond motifs is 1. The Morgan fingerprint density at radius 3 is 2.67 bits per heavy atom. The fraction of sp³-hybridized carbons (Fsp3) is 0.304. The molecular weight excluding hydrogens is 380 g/mol. The predicted molar refractivity (Wildman–Crippen MR) is 115 cm³/mol. The zero-order valence-corrected chi connectivity index (χ0v) is 17.2. The first-order valence-corrected chi connectivity index (χ1v) is 10.0. The summed E-state index contributed by atoms with van der Waals surface area (Å²) in [5, 5.41) is 10.1. The third-order valence-corrected chi connectivity index (χ3v) is 5.26. The van der Waals surface area contributed by atoms with E-state index < -0.39 is 0 Å². The van der Waals surface area contributed by atoms with Crippen LogP contribution >= 0.6 is 0 Å². The molecule has 3 aromatic rings. The van der Waals surface area contributed by atoms with Gasteiger partial charge in [-0.15, -0.1) is 0 Å². The average Bonchev–Trinajstić information content (AvgIpc) is 3.26. The summed E-state index contributed by atoms with van der Waals surface area (Å²) in [6.45, 7) is 1.59. The number of carbonyl (C=O) groups is 1. The SMILES string of the molecule is CN(C)[C@@H](CNC(=O)c1cn[nH]c1-c1ccc2c(c1)OCCO2)Cc1ccccc1. The highest BCUT2D eigenvalue weighted by molar-refractivity contribution is 5.99. The Hall–Kier alpha value is -3.32. The lowest BCUT2D eigenvalue weighted by atomic mass is 10.0. The highest BCUT2D eigenvalue weighted by atomic mass is 16.6. The summed E-state index contributed by atoms with van der Waals surface area (Å²) in [4.78, 5) is 15.1. The van der Waals surface area contributed by atoms with Crippen molar-refractivity contribution < 1.29 is 14.3 Å². The molecule has 2 aromatic carbocycles. The maximum atomic E-state index is 12.9. The Kier molecular flexibility index (Phi) is 5.99. The molecule has 2 heterocycles. The summed E-state index contributed by atoms with van der Waals surface area (Å²) in [7, 11) is 4.05. The molecule has 1 amide bonds. The van der Waals surface area contributed by atoms with E-state index in [4.69, 9.17) is 9.47 Å². The van der Waals surface area contributed by atoms with Gasteiger partial charge in [0.05, 0.1) is 17.5 Å². The molecule has 0 saturated heterocycles.